The number of carboxylic acid groups (broad SMARTS) is 1. The van der Waals surface area contributed by atoms with E-state index in [4.69, 9.17) is 4.74 Å². The fourth-order valence-corrected chi connectivity index (χ4v) is 4.75. The molecule has 3 unspecified atom stereocenters. The molecule has 1 N–H and O–H groups in total. The van der Waals surface area contributed by atoms with Gasteiger partial charge in [0.25, 0.3) is 0 Å². The van der Waals surface area contributed by atoms with Crippen molar-refractivity contribution in [3.05, 3.63) is 11.9 Å². The lowest BCUT2D eigenvalue weighted by molar-refractivity contribution is -0.148. The molecule has 1 aromatic rings. The van der Waals surface area contributed by atoms with Crippen molar-refractivity contribution < 1.29 is 14.6 Å². The summed E-state index contributed by atoms with van der Waals surface area (Å²) < 4.78 is 7.20. The predicted molar refractivity (Wildman–Crippen MR) is 78.3 cm³/mol. The van der Waals surface area contributed by atoms with Crippen LogP contribution in [0.15, 0.2) is 6.20 Å². The lowest BCUT2D eigenvalue weighted by Gasteiger charge is -2.30. The van der Waals surface area contributed by atoms with Gasteiger partial charge >= 0.3 is 5.97 Å². The van der Waals surface area contributed by atoms with Crippen LogP contribution >= 0.6 is 0 Å². The predicted octanol–water partition coefficient (Wildman–Crippen LogP) is 1.85. The number of hydrogen-bond donors (Lipinski definition) is 1. The van der Waals surface area contributed by atoms with Crippen molar-refractivity contribution >= 4 is 5.97 Å². The van der Waals surface area contributed by atoms with Gasteiger partial charge in [0, 0.05) is 26.0 Å². The third-order valence-electron chi connectivity index (χ3n) is 6.09. The Morgan fingerprint density at radius 2 is 2.18 bits per heavy atom. The van der Waals surface area contributed by atoms with Gasteiger partial charge in [0.1, 0.15) is 11.1 Å². The molecule has 4 rings (SSSR count). The first-order chi connectivity index (χ1) is 10.7. The van der Waals surface area contributed by atoms with E-state index in [1.807, 2.05) is 10.9 Å². The van der Waals surface area contributed by atoms with Crippen LogP contribution in [0.5, 0.6) is 0 Å². The Kier molecular flexibility index (Phi) is 3.44. The molecule has 6 heteroatoms. The number of rotatable bonds is 4. The summed E-state index contributed by atoms with van der Waals surface area (Å²) in [6.45, 7) is 1.84. The smallest absolute Gasteiger partial charge is 0.316 e. The van der Waals surface area contributed by atoms with Crippen LogP contribution in [0.3, 0.4) is 0 Å². The molecule has 3 atom stereocenters. The molecular weight excluding hydrogens is 282 g/mol. The zero-order valence-electron chi connectivity index (χ0n) is 12.8. The van der Waals surface area contributed by atoms with Crippen molar-refractivity contribution in [3.63, 3.8) is 0 Å². The van der Waals surface area contributed by atoms with Gasteiger partial charge in [0.05, 0.1) is 0 Å². The van der Waals surface area contributed by atoms with E-state index in [1.165, 1.54) is 25.7 Å². The van der Waals surface area contributed by atoms with Crippen LogP contribution in [0, 0.1) is 17.8 Å². The highest BCUT2D eigenvalue weighted by atomic mass is 16.5. The largest absolute Gasteiger partial charge is 0.481 e. The van der Waals surface area contributed by atoms with Gasteiger partial charge in [0.2, 0.25) is 0 Å². The molecule has 3 fully saturated rings. The average molecular weight is 305 g/mol. The number of hydrogen-bond acceptors (Lipinski definition) is 4. The first kappa shape index (κ1) is 14.2. The standard InChI is InChI=1S/C16H23N3O3/c20-15(21)16(3-5-22-6-4-16)14-10-19(18-17-14)9-13-8-11-1-2-12(13)7-11/h10-13H,1-9H2,(H,20,21). The number of aliphatic carboxylic acids is 1. The van der Waals surface area contributed by atoms with E-state index in [9.17, 15) is 9.90 Å². The molecule has 2 heterocycles. The summed E-state index contributed by atoms with van der Waals surface area (Å²) in [7, 11) is 0. The molecule has 3 aliphatic rings. The maximum Gasteiger partial charge on any atom is 0.316 e. The normalized spacial score (nSPS) is 33.2. The van der Waals surface area contributed by atoms with Gasteiger partial charge in [0.15, 0.2) is 0 Å². The highest BCUT2D eigenvalue weighted by Crippen LogP contribution is 2.48. The van der Waals surface area contributed by atoms with Crippen molar-refractivity contribution in [2.24, 2.45) is 17.8 Å². The van der Waals surface area contributed by atoms with Crippen molar-refractivity contribution in [2.75, 3.05) is 13.2 Å². The summed E-state index contributed by atoms with van der Waals surface area (Å²) in [6, 6.07) is 0. The lowest BCUT2D eigenvalue weighted by Crippen LogP contribution is -2.41. The lowest BCUT2D eigenvalue weighted by atomic mass is 9.77. The monoisotopic (exact) mass is 305 g/mol. The molecule has 0 aromatic carbocycles. The third kappa shape index (κ3) is 2.24. The molecule has 0 spiro atoms. The Labute approximate surface area is 129 Å². The van der Waals surface area contributed by atoms with Crippen LogP contribution in [0.4, 0.5) is 0 Å². The van der Waals surface area contributed by atoms with Crippen molar-refractivity contribution in [3.8, 4) is 0 Å². The van der Waals surface area contributed by atoms with Crippen LogP contribution in [-0.2, 0) is 21.5 Å². The molecule has 1 aliphatic heterocycles. The minimum atomic E-state index is -0.912. The first-order valence-corrected chi connectivity index (χ1v) is 8.39. The van der Waals surface area contributed by atoms with E-state index in [-0.39, 0.29) is 0 Å². The zero-order valence-corrected chi connectivity index (χ0v) is 12.8. The van der Waals surface area contributed by atoms with E-state index in [1.54, 1.807) is 0 Å². The average Bonchev–Trinajstić information content (AvgIpc) is 3.24. The van der Waals surface area contributed by atoms with Gasteiger partial charge in [-0.15, -0.1) is 5.10 Å². The highest BCUT2D eigenvalue weighted by Gasteiger charge is 2.45. The van der Waals surface area contributed by atoms with Crippen molar-refractivity contribution in [1.82, 2.24) is 15.0 Å². The molecule has 6 nitrogen and oxygen atoms in total. The van der Waals surface area contributed by atoms with E-state index in [2.05, 4.69) is 10.3 Å². The quantitative estimate of drug-likeness (QED) is 0.918. The molecular formula is C16H23N3O3. The summed E-state index contributed by atoms with van der Waals surface area (Å²) >= 11 is 0. The van der Waals surface area contributed by atoms with E-state index >= 15 is 0 Å². The number of carboxylic acids is 1. The van der Waals surface area contributed by atoms with Crippen molar-refractivity contribution in [1.29, 1.82) is 0 Å². The zero-order chi connectivity index (χ0) is 15.2. The van der Waals surface area contributed by atoms with E-state index in [0.29, 0.717) is 37.7 Å². The highest BCUT2D eigenvalue weighted by molar-refractivity contribution is 5.80. The summed E-state index contributed by atoms with van der Waals surface area (Å²) in [5.74, 6) is 1.65. The molecule has 2 bridgehead atoms. The molecule has 2 aliphatic carbocycles. The summed E-state index contributed by atoms with van der Waals surface area (Å²) in [4.78, 5) is 11.8. The minimum Gasteiger partial charge on any atom is -0.481 e. The van der Waals surface area contributed by atoms with Crippen LogP contribution in [0.2, 0.25) is 0 Å². The number of carbonyl (C=O) groups is 1. The summed E-state index contributed by atoms with van der Waals surface area (Å²) in [6.07, 6.45) is 8.26. The second-order valence-electron chi connectivity index (χ2n) is 7.26. The Hall–Kier alpha value is -1.43. The second kappa shape index (κ2) is 5.33. The topological polar surface area (TPSA) is 77.2 Å². The van der Waals surface area contributed by atoms with Gasteiger partial charge in [-0.2, -0.15) is 0 Å². The fraction of sp³-hybridized carbons (Fsp3) is 0.812. The Balaban J connectivity index is 1.51. The molecule has 1 aromatic heterocycles. The maximum absolute atomic E-state index is 11.8. The molecule has 120 valence electrons. The summed E-state index contributed by atoms with van der Waals surface area (Å²) in [5.41, 5.74) is -0.308. The van der Waals surface area contributed by atoms with Gasteiger partial charge in [-0.25, -0.2) is 0 Å². The first-order valence-electron chi connectivity index (χ1n) is 8.39. The van der Waals surface area contributed by atoms with Crippen LogP contribution in [0.1, 0.15) is 44.2 Å². The second-order valence-corrected chi connectivity index (χ2v) is 7.26. The Morgan fingerprint density at radius 1 is 1.36 bits per heavy atom. The number of nitrogens with zero attached hydrogens (tertiary/aromatic N) is 3. The van der Waals surface area contributed by atoms with Crippen molar-refractivity contribution in [2.45, 2.75) is 50.5 Å². The molecule has 1 saturated heterocycles. The van der Waals surface area contributed by atoms with Crippen LogP contribution < -0.4 is 0 Å². The summed E-state index contributed by atoms with van der Waals surface area (Å²) in [5, 5.41) is 18.1. The van der Waals surface area contributed by atoms with Gasteiger partial charge < -0.3 is 9.84 Å². The number of aromatic nitrogens is 3. The fourth-order valence-electron chi connectivity index (χ4n) is 4.75. The Bertz CT molecular complexity index is 565. The molecule has 0 radical (unpaired) electrons. The maximum atomic E-state index is 11.8. The number of ether oxygens (including phenoxy) is 1. The Morgan fingerprint density at radius 3 is 2.82 bits per heavy atom. The SMILES string of the molecule is O=C(O)C1(c2cn(CC3CC4CCC3C4)nn2)CCOCC1. The molecule has 0 amide bonds. The van der Waals surface area contributed by atoms with E-state index in [0.717, 1.165) is 18.4 Å². The van der Waals surface area contributed by atoms with Gasteiger partial charge in [-0.3, -0.25) is 9.48 Å². The molecule has 2 saturated carbocycles. The van der Waals surface area contributed by atoms with Crippen LogP contribution in [0.25, 0.3) is 0 Å². The van der Waals surface area contributed by atoms with E-state index < -0.39 is 11.4 Å². The van der Waals surface area contributed by atoms with Gasteiger partial charge in [-0.1, -0.05) is 11.6 Å². The molecule has 22 heavy (non-hydrogen) atoms. The number of fused-ring (bicyclic) bond motifs is 2. The minimum absolute atomic E-state index is 0.478. The third-order valence-corrected chi connectivity index (χ3v) is 6.09. The van der Waals surface area contributed by atoms with Crippen LogP contribution in [-0.4, -0.2) is 39.3 Å². The van der Waals surface area contributed by atoms with Gasteiger partial charge in [-0.05, 0) is 49.9 Å².